The predicted octanol–water partition coefficient (Wildman–Crippen LogP) is 3.05. The lowest BCUT2D eigenvalue weighted by atomic mass is 9.98. The largest absolute Gasteiger partial charge is 0.479 e. The molecular weight excluding hydrogens is 424 g/mol. The standard InChI is InChI=1S/C25H28N2O6/c1-2-7-21(23(28)26-20-12-13-32-22(20)24(29)30)27-25(31)33-14-19-17-10-5-3-8-15(17)16-9-4-6-11-18(16)19/h3-6,8-11,19-22H,2,7,12-14H2,1H3,(H,26,28)(H,27,31)(H,29,30)/t20-,21-,22+/m1/s1. The topological polar surface area (TPSA) is 114 Å². The van der Waals surface area contributed by atoms with Crippen molar-refractivity contribution >= 4 is 18.0 Å². The minimum absolute atomic E-state index is 0.0754. The van der Waals surface area contributed by atoms with E-state index in [0.717, 1.165) is 22.3 Å². The van der Waals surface area contributed by atoms with Crippen LogP contribution in [0.3, 0.4) is 0 Å². The van der Waals surface area contributed by atoms with Crippen LogP contribution in [0.4, 0.5) is 4.79 Å². The minimum atomic E-state index is -1.12. The third-order valence-electron chi connectivity index (χ3n) is 6.19. The van der Waals surface area contributed by atoms with E-state index in [0.29, 0.717) is 19.3 Å². The average Bonchev–Trinajstić information content (AvgIpc) is 3.40. The molecule has 3 atom stereocenters. The number of carbonyl (C=O) groups is 3. The van der Waals surface area contributed by atoms with Gasteiger partial charge in [-0.1, -0.05) is 61.9 Å². The Bertz CT molecular complexity index is 994. The number of carbonyl (C=O) groups excluding carboxylic acids is 2. The summed E-state index contributed by atoms with van der Waals surface area (Å²) in [4.78, 5) is 36.6. The van der Waals surface area contributed by atoms with Crippen LogP contribution in [0.5, 0.6) is 0 Å². The smallest absolute Gasteiger partial charge is 0.407 e. The SMILES string of the molecule is CCC[C@@H](NC(=O)OCC1c2ccccc2-c2ccccc21)C(=O)N[C@@H]1CCO[C@@H]1C(=O)O. The molecule has 0 bridgehead atoms. The van der Waals surface area contributed by atoms with Crippen molar-refractivity contribution in [3.05, 3.63) is 59.7 Å². The maximum absolute atomic E-state index is 12.8. The normalized spacial score (nSPS) is 19.9. The lowest BCUT2D eigenvalue weighted by molar-refractivity contribution is -0.148. The predicted molar refractivity (Wildman–Crippen MR) is 121 cm³/mol. The van der Waals surface area contributed by atoms with Crippen LogP contribution in [0.25, 0.3) is 11.1 Å². The Morgan fingerprint density at radius 2 is 1.73 bits per heavy atom. The number of rotatable bonds is 8. The highest BCUT2D eigenvalue weighted by Gasteiger charge is 2.36. The van der Waals surface area contributed by atoms with Gasteiger partial charge in [0.15, 0.2) is 6.10 Å². The highest BCUT2D eigenvalue weighted by Crippen LogP contribution is 2.44. The number of ether oxygens (including phenoxy) is 2. The summed E-state index contributed by atoms with van der Waals surface area (Å²) in [6.45, 7) is 2.32. The quantitative estimate of drug-likeness (QED) is 0.567. The first-order valence-corrected chi connectivity index (χ1v) is 11.3. The fourth-order valence-corrected chi connectivity index (χ4v) is 4.60. The monoisotopic (exact) mass is 452 g/mol. The molecule has 2 aromatic carbocycles. The number of aliphatic carboxylic acids is 1. The Morgan fingerprint density at radius 1 is 1.09 bits per heavy atom. The van der Waals surface area contributed by atoms with Crippen LogP contribution in [-0.2, 0) is 19.1 Å². The van der Waals surface area contributed by atoms with Crippen LogP contribution in [-0.4, -0.2) is 54.5 Å². The molecule has 0 saturated carbocycles. The van der Waals surface area contributed by atoms with Crippen molar-refractivity contribution in [1.82, 2.24) is 10.6 Å². The van der Waals surface area contributed by atoms with Gasteiger partial charge in [-0.2, -0.15) is 0 Å². The Hall–Kier alpha value is -3.39. The molecule has 3 N–H and O–H groups in total. The first-order chi connectivity index (χ1) is 16.0. The maximum Gasteiger partial charge on any atom is 0.407 e. The second-order valence-electron chi connectivity index (χ2n) is 8.34. The molecule has 0 unspecified atom stereocenters. The highest BCUT2D eigenvalue weighted by molar-refractivity contribution is 5.87. The van der Waals surface area contributed by atoms with E-state index >= 15 is 0 Å². The van der Waals surface area contributed by atoms with Gasteiger partial charge in [0, 0.05) is 12.5 Å². The summed E-state index contributed by atoms with van der Waals surface area (Å²) >= 11 is 0. The van der Waals surface area contributed by atoms with Gasteiger partial charge in [-0.15, -0.1) is 0 Å². The lowest BCUT2D eigenvalue weighted by Gasteiger charge is -2.22. The summed E-state index contributed by atoms with van der Waals surface area (Å²) in [5, 5.41) is 14.6. The van der Waals surface area contributed by atoms with E-state index in [1.807, 2.05) is 43.3 Å². The molecule has 1 saturated heterocycles. The molecule has 2 aromatic rings. The Morgan fingerprint density at radius 3 is 2.33 bits per heavy atom. The number of amides is 2. The van der Waals surface area contributed by atoms with E-state index in [-0.39, 0.29) is 19.1 Å². The number of carboxylic acid groups (broad SMARTS) is 1. The molecule has 174 valence electrons. The van der Waals surface area contributed by atoms with Gasteiger partial charge in [-0.3, -0.25) is 4.79 Å². The van der Waals surface area contributed by atoms with Gasteiger partial charge in [0.25, 0.3) is 0 Å². The Kier molecular flexibility index (Phi) is 6.93. The van der Waals surface area contributed by atoms with E-state index in [1.165, 1.54) is 0 Å². The van der Waals surface area contributed by atoms with Crippen LogP contribution in [0.1, 0.15) is 43.2 Å². The number of nitrogens with one attached hydrogen (secondary N) is 2. The average molecular weight is 453 g/mol. The van der Waals surface area contributed by atoms with Crippen molar-refractivity contribution in [1.29, 1.82) is 0 Å². The summed E-state index contributed by atoms with van der Waals surface area (Å²) in [5.41, 5.74) is 4.49. The Balaban J connectivity index is 1.38. The second-order valence-corrected chi connectivity index (χ2v) is 8.34. The number of hydrogen-bond donors (Lipinski definition) is 3. The highest BCUT2D eigenvalue weighted by atomic mass is 16.5. The van der Waals surface area contributed by atoms with E-state index in [4.69, 9.17) is 9.47 Å². The van der Waals surface area contributed by atoms with Crippen molar-refractivity contribution in [2.75, 3.05) is 13.2 Å². The maximum atomic E-state index is 12.8. The molecule has 8 heteroatoms. The van der Waals surface area contributed by atoms with Crippen molar-refractivity contribution in [3.8, 4) is 11.1 Å². The molecule has 1 fully saturated rings. The van der Waals surface area contributed by atoms with Crippen LogP contribution in [0, 0.1) is 0 Å². The number of carboxylic acids is 1. The summed E-state index contributed by atoms with van der Waals surface area (Å²) in [6.07, 6.45) is -0.285. The zero-order valence-corrected chi connectivity index (χ0v) is 18.5. The molecule has 0 radical (unpaired) electrons. The van der Waals surface area contributed by atoms with Crippen LogP contribution >= 0.6 is 0 Å². The fraction of sp³-hybridized carbons (Fsp3) is 0.400. The second kappa shape index (κ2) is 10.0. The molecule has 0 aromatic heterocycles. The van der Waals surface area contributed by atoms with E-state index in [2.05, 4.69) is 22.8 Å². The summed E-state index contributed by atoms with van der Waals surface area (Å²) in [5.74, 6) is -1.63. The molecule has 2 aliphatic rings. The third-order valence-corrected chi connectivity index (χ3v) is 6.19. The molecule has 0 spiro atoms. The molecule has 8 nitrogen and oxygen atoms in total. The molecule has 1 heterocycles. The lowest BCUT2D eigenvalue weighted by Crippen LogP contribution is -2.52. The van der Waals surface area contributed by atoms with Crippen molar-refractivity contribution in [2.45, 2.75) is 50.3 Å². The summed E-state index contributed by atoms with van der Waals surface area (Å²) in [7, 11) is 0. The van der Waals surface area contributed by atoms with Gasteiger partial charge in [0.1, 0.15) is 12.6 Å². The van der Waals surface area contributed by atoms with Crippen LogP contribution in [0.15, 0.2) is 48.5 Å². The number of fused-ring (bicyclic) bond motifs is 3. The van der Waals surface area contributed by atoms with E-state index < -0.39 is 36.2 Å². The van der Waals surface area contributed by atoms with Gasteiger partial charge in [0.05, 0.1) is 6.04 Å². The van der Waals surface area contributed by atoms with Gasteiger partial charge in [-0.05, 0) is 35.1 Å². The summed E-state index contributed by atoms with van der Waals surface area (Å²) < 4.78 is 10.7. The first kappa shape index (κ1) is 22.8. The molecule has 33 heavy (non-hydrogen) atoms. The molecule has 1 aliphatic heterocycles. The van der Waals surface area contributed by atoms with Crippen molar-refractivity contribution in [2.24, 2.45) is 0 Å². The number of hydrogen-bond acceptors (Lipinski definition) is 5. The van der Waals surface area contributed by atoms with Crippen molar-refractivity contribution in [3.63, 3.8) is 0 Å². The summed E-state index contributed by atoms with van der Waals surface area (Å²) in [6, 6.07) is 14.7. The number of benzene rings is 2. The van der Waals surface area contributed by atoms with E-state index in [1.54, 1.807) is 0 Å². The van der Waals surface area contributed by atoms with Gasteiger partial charge < -0.3 is 25.2 Å². The molecular formula is C25H28N2O6. The first-order valence-electron chi connectivity index (χ1n) is 11.3. The number of alkyl carbamates (subject to hydrolysis) is 1. The Labute approximate surface area is 192 Å². The molecule has 1 aliphatic carbocycles. The van der Waals surface area contributed by atoms with Gasteiger partial charge >= 0.3 is 12.1 Å². The van der Waals surface area contributed by atoms with Crippen LogP contribution < -0.4 is 10.6 Å². The van der Waals surface area contributed by atoms with Crippen molar-refractivity contribution < 1.29 is 29.0 Å². The zero-order chi connectivity index (χ0) is 23.4. The fourth-order valence-electron chi connectivity index (χ4n) is 4.60. The van der Waals surface area contributed by atoms with Gasteiger partial charge in [-0.25, -0.2) is 9.59 Å². The van der Waals surface area contributed by atoms with Crippen LogP contribution in [0.2, 0.25) is 0 Å². The van der Waals surface area contributed by atoms with Gasteiger partial charge in [0.2, 0.25) is 5.91 Å². The molecule has 4 rings (SSSR count). The molecule has 2 amide bonds. The van der Waals surface area contributed by atoms with E-state index in [9.17, 15) is 19.5 Å². The zero-order valence-electron chi connectivity index (χ0n) is 18.5. The third kappa shape index (κ3) is 4.85. The minimum Gasteiger partial charge on any atom is -0.479 e.